The molecule has 1 aliphatic heterocycles. The minimum absolute atomic E-state index is 0.192. The molecule has 0 unspecified atom stereocenters. The summed E-state index contributed by atoms with van der Waals surface area (Å²) in [7, 11) is 3.75. The van der Waals surface area contributed by atoms with Crippen molar-refractivity contribution in [3.63, 3.8) is 0 Å². The number of piperidine rings is 1. The Balaban J connectivity index is 1.91. The van der Waals surface area contributed by atoms with Crippen molar-refractivity contribution < 1.29 is 9.18 Å². The molecule has 2 heterocycles. The Morgan fingerprint density at radius 3 is 2.35 bits per heavy atom. The van der Waals surface area contributed by atoms with Crippen LogP contribution in [0.2, 0.25) is 0 Å². The number of carbonyl (C=O) groups excluding carboxylic acids is 1. The minimum Gasteiger partial charge on any atom is -0.383 e. The van der Waals surface area contributed by atoms with Gasteiger partial charge in [-0.3, -0.25) is 4.79 Å². The van der Waals surface area contributed by atoms with Gasteiger partial charge in [0.1, 0.15) is 17.3 Å². The molecule has 3 N–H and O–H groups in total. The highest BCUT2D eigenvalue weighted by Crippen LogP contribution is 2.42. The molecule has 1 fully saturated rings. The van der Waals surface area contributed by atoms with E-state index in [1.165, 1.54) is 12.1 Å². The Hall–Kier alpha value is -3.39. The first-order chi connectivity index (χ1) is 16.3. The van der Waals surface area contributed by atoms with Crippen LogP contribution < -0.4 is 20.9 Å². The first kappa shape index (κ1) is 23.8. The summed E-state index contributed by atoms with van der Waals surface area (Å²) in [6, 6.07) is 12.8. The fourth-order valence-corrected chi connectivity index (χ4v) is 4.47. The van der Waals surface area contributed by atoms with E-state index in [0.717, 1.165) is 60.4 Å². The molecule has 0 radical (unpaired) electrons. The number of hydrogen-bond donors (Lipinski definition) is 2. The molecule has 0 saturated carbocycles. The number of nitrogens with zero attached hydrogens (tertiary/aromatic N) is 4. The van der Waals surface area contributed by atoms with E-state index in [4.69, 9.17) is 10.8 Å². The SMILES string of the molecule is CC(C)N(C)c1ccc(-c2c(-c3ccc(F)cc3)nn(C3CCNCC3)c2N)cc1N(C)C=O. The third kappa shape index (κ3) is 4.50. The van der Waals surface area contributed by atoms with Gasteiger partial charge >= 0.3 is 0 Å². The monoisotopic (exact) mass is 464 g/mol. The van der Waals surface area contributed by atoms with Crippen LogP contribution in [0.3, 0.4) is 0 Å². The zero-order valence-electron chi connectivity index (χ0n) is 20.3. The first-order valence-electron chi connectivity index (χ1n) is 11.7. The Morgan fingerprint density at radius 2 is 1.74 bits per heavy atom. The summed E-state index contributed by atoms with van der Waals surface area (Å²) in [4.78, 5) is 15.4. The first-order valence-corrected chi connectivity index (χ1v) is 11.7. The second kappa shape index (κ2) is 9.85. The predicted molar refractivity (Wildman–Crippen MR) is 137 cm³/mol. The highest BCUT2D eigenvalue weighted by atomic mass is 19.1. The summed E-state index contributed by atoms with van der Waals surface area (Å²) in [6.07, 6.45) is 2.68. The third-order valence-corrected chi connectivity index (χ3v) is 6.68. The Kier molecular flexibility index (Phi) is 6.88. The number of halogens is 1. The minimum atomic E-state index is -0.299. The summed E-state index contributed by atoms with van der Waals surface area (Å²) in [5.74, 6) is 0.280. The topological polar surface area (TPSA) is 79.4 Å². The van der Waals surface area contributed by atoms with Gasteiger partial charge in [-0.2, -0.15) is 5.10 Å². The molecule has 8 heteroatoms. The van der Waals surface area contributed by atoms with E-state index in [1.54, 1.807) is 24.1 Å². The summed E-state index contributed by atoms with van der Waals surface area (Å²) in [6.45, 7) is 6.03. The number of rotatable bonds is 7. The second-order valence-corrected chi connectivity index (χ2v) is 9.17. The van der Waals surface area contributed by atoms with Crippen molar-refractivity contribution >= 4 is 23.6 Å². The number of aromatic nitrogens is 2. The van der Waals surface area contributed by atoms with Crippen LogP contribution in [0.1, 0.15) is 32.7 Å². The average Bonchev–Trinajstić information content (AvgIpc) is 3.20. The Morgan fingerprint density at radius 1 is 1.09 bits per heavy atom. The molecule has 34 heavy (non-hydrogen) atoms. The Bertz CT molecular complexity index is 1150. The van der Waals surface area contributed by atoms with Gasteiger partial charge in [0.05, 0.1) is 23.0 Å². The zero-order valence-corrected chi connectivity index (χ0v) is 20.3. The van der Waals surface area contributed by atoms with Crippen LogP contribution in [0.15, 0.2) is 42.5 Å². The molecule has 1 saturated heterocycles. The largest absolute Gasteiger partial charge is 0.383 e. The number of hydrogen-bond acceptors (Lipinski definition) is 5. The summed E-state index contributed by atoms with van der Waals surface area (Å²) >= 11 is 0. The molecule has 1 aromatic heterocycles. The van der Waals surface area contributed by atoms with E-state index in [-0.39, 0.29) is 17.9 Å². The standard InChI is InChI=1S/C26H33FN6O/c1-17(2)32(4)22-10-7-19(15-23(22)31(3)16-34)24-25(18-5-8-20(27)9-6-18)30-33(26(24)28)21-11-13-29-14-12-21/h5-10,15-17,21,29H,11-14,28H2,1-4H3. The molecule has 0 aliphatic carbocycles. The smallest absolute Gasteiger partial charge is 0.213 e. The van der Waals surface area contributed by atoms with Crippen molar-refractivity contribution in [3.8, 4) is 22.4 Å². The number of nitrogens with two attached hydrogens (primary N) is 1. The fourth-order valence-electron chi connectivity index (χ4n) is 4.47. The second-order valence-electron chi connectivity index (χ2n) is 9.17. The fraction of sp³-hybridized carbons (Fsp3) is 0.385. The molecule has 4 rings (SSSR count). The van der Waals surface area contributed by atoms with E-state index < -0.39 is 0 Å². The number of carbonyl (C=O) groups is 1. The van der Waals surface area contributed by atoms with Crippen LogP contribution in [0.4, 0.5) is 21.6 Å². The maximum Gasteiger partial charge on any atom is 0.213 e. The molecule has 0 bridgehead atoms. The Labute approximate surface area is 200 Å². The van der Waals surface area contributed by atoms with Crippen LogP contribution in [-0.4, -0.2) is 49.4 Å². The van der Waals surface area contributed by atoms with Crippen LogP contribution in [0, 0.1) is 5.82 Å². The molecule has 1 amide bonds. The lowest BCUT2D eigenvalue weighted by molar-refractivity contribution is -0.107. The summed E-state index contributed by atoms with van der Waals surface area (Å²) < 4.78 is 15.6. The highest BCUT2D eigenvalue weighted by molar-refractivity contribution is 5.93. The van der Waals surface area contributed by atoms with E-state index in [1.807, 2.05) is 29.9 Å². The molecule has 180 valence electrons. The molecule has 1 aliphatic rings. The van der Waals surface area contributed by atoms with Crippen molar-refractivity contribution in [2.75, 3.05) is 42.7 Å². The normalized spacial score (nSPS) is 14.4. The number of amides is 1. The predicted octanol–water partition coefficient (Wildman–Crippen LogP) is 4.30. The van der Waals surface area contributed by atoms with Gasteiger partial charge in [0, 0.05) is 25.7 Å². The third-order valence-electron chi connectivity index (χ3n) is 6.68. The zero-order chi connectivity index (χ0) is 24.4. The van der Waals surface area contributed by atoms with E-state index in [2.05, 4.69) is 24.1 Å². The van der Waals surface area contributed by atoms with Gasteiger partial charge in [-0.15, -0.1) is 0 Å². The van der Waals surface area contributed by atoms with Gasteiger partial charge < -0.3 is 20.9 Å². The van der Waals surface area contributed by atoms with E-state index >= 15 is 0 Å². The van der Waals surface area contributed by atoms with Crippen molar-refractivity contribution in [2.45, 2.75) is 38.8 Å². The van der Waals surface area contributed by atoms with Gasteiger partial charge in [0.25, 0.3) is 0 Å². The van der Waals surface area contributed by atoms with Gasteiger partial charge in [0.15, 0.2) is 0 Å². The van der Waals surface area contributed by atoms with Gasteiger partial charge in [0.2, 0.25) is 6.41 Å². The quantitative estimate of drug-likeness (QED) is 0.510. The molecule has 3 aromatic rings. The average molecular weight is 465 g/mol. The number of anilines is 3. The summed E-state index contributed by atoms with van der Waals surface area (Å²) in [5.41, 5.74) is 11.6. The van der Waals surface area contributed by atoms with Crippen molar-refractivity contribution in [2.24, 2.45) is 0 Å². The molecule has 0 spiro atoms. The van der Waals surface area contributed by atoms with Crippen LogP contribution in [0.25, 0.3) is 22.4 Å². The molecule has 7 nitrogen and oxygen atoms in total. The number of benzene rings is 2. The van der Waals surface area contributed by atoms with Crippen LogP contribution in [-0.2, 0) is 4.79 Å². The van der Waals surface area contributed by atoms with Crippen molar-refractivity contribution in [3.05, 3.63) is 48.3 Å². The van der Waals surface area contributed by atoms with Crippen molar-refractivity contribution in [1.29, 1.82) is 0 Å². The molecule has 0 atom stereocenters. The molecule has 2 aromatic carbocycles. The van der Waals surface area contributed by atoms with Crippen molar-refractivity contribution in [1.82, 2.24) is 15.1 Å². The van der Waals surface area contributed by atoms with Gasteiger partial charge in [-0.1, -0.05) is 6.07 Å². The van der Waals surface area contributed by atoms with E-state index in [9.17, 15) is 9.18 Å². The number of nitrogens with one attached hydrogen (secondary N) is 1. The van der Waals surface area contributed by atoms with E-state index in [0.29, 0.717) is 11.5 Å². The lowest BCUT2D eigenvalue weighted by Gasteiger charge is -2.29. The number of nitrogen functional groups attached to an aromatic ring is 1. The molecular formula is C26H33FN6O. The maximum atomic E-state index is 13.7. The summed E-state index contributed by atoms with van der Waals surface area (Å²) in [5, 5.41) is 8.32. The lowest BCUT2D eigenvalue weighted by Crippen LogP contribution is -2.30. The van der Waals surface area contributed by atoms with Gasteiger partial charge in [-0.05, 0) is 81.7 Å². The lowest BCUT2D eigenvalue weighted by atomic mass is 9.99. The highest BCUT2D eigenvalue weighted by Gasteiger charge is 2.26. The van der Waals surface area contributed by atoms with Crippen LogP contribution >= 0.6 is 0 Å². The van der Waals surface area contributed by atoms with Crippen LogP contribution in [0.5, 0.6) is 0 Å². The maximum absolute atomic E-state index is 13.7. The molecular weight excluding hydrogens is 431 g/mol. The van der Waals surface area contributed by atoms with Gasteiger partial charge in [-0.25, -0.2) is 9.07 Å².